The van der Waals surface area contributed by atoms with Crippen molar-refractivity contribution in [2.75, 3.05) is 13.2 Å². The molecule has 6 saturated carbocycles. The van der Waals surface area contributed by atoms with E-state index in [9.17, 15) is 0 Å². The SMILES string of the molecule is CC(C)C1(C(C)C)CC1.CC(C)C1(C(C)C)CC1(C)C.CC(C)C1(C(C)C)CCC1.CC(C)C1(C(C)C)CCCC1.CC(C)C1(C(C)C)CCCCC1.CC(C)C1(C(C)C)CCCCCC1.CC(C)C1(C(C)C)CCOCC1. The van der Waals surface area contributed by atoms with Crippen LogP contribution in [0.15, 0.2) is 0 Å². The summed E-state index contributed by atoms with van der Waals surface area (Å²) in [6, 6.07) is 0. The average Bonchev–Trinajstić information content (AvgIpc) is 4.22. The molecule has 7 aliphatic rings. The minimum Gasteiger partial charge on any atom is -0.381 e. The highest BCUT2D eigenvalue weighted by Gasteiger charge is 2.63. The highest BCUT2D eigenvalue weighted by molar-refractivity contribution is 5.12. The van der Waals surface area contributed by atoms with Gasteiger partial charge in [0.2, 0.25) is 0 Å². The zero-order chi connectivity index (χ0) is 60.5. The van der Waals surface area contributed by atoms with E-state index in [1.807, 2.05) is 0 Å². The van der Waals surface area contributed by atoms with Crippen LogP contribution in [0.5, 0.6) is 0 Å². The highest BCUT2D eigenvalue weighted by Crippen LogP contribution is 2.71. The molecule has 468 valence electrons. The van der Waals surface area contributed by atoms with Gasteiger partial charge >= 0.3 is 0 Å². The molecule has 0 amide bonds. The number of rotatable bonds is 14. The second-order valence-electron chi connectivity index (χ2n) is 33.8. The number of ether oxygens (including phenoxy) is 1. The first-order chi connectivity index (χ1) is 35.9. The second-order valence-corrected chi connectivity index (χ2v) is 33.8. The maximum Gasteiger partial charge on any atom is 0.0471 e. The van der Waals surface area contributed by atoms with Crippen LogP contribution < -0.4 is 0 Å². The summed E-state index contributed by atoms with van der Waals surface area (Å²) < 4.78 is 5.43. The third-order valence-corrected chi connectivity index (χ3v) is 26.6. The standard InChI is InChI=1S/C13H26.C12H24.C11H22O.2C11H22.C10H20.C9H18/c1-11(2)13(12(3)4)9-7-5-6-8-10-13;1-10(2)12(11(3)4)8-6-5-7-9-12;1-9(2)11(10(3)4)5-7-12-8-6-11;1-8(2)11(9(3)4)7-10(11,5)6;1-9(2)11(10(3)4)7-5-6-8-11;1-8(2)10(9(3)4)6-5-7-10;1-7(2)9(5-6-9)8(3)4/h11-12H,5-10H2,1-4H3;10-11H,5-9H2,1-4H3;9-10H,5-8H2,1-4H3;8-9H,7H2,1-6H3;9-10H,5-8H2,1-4H3;8-9H,5-7H2,1-4H3;7-8H,5-6H2,1-4H3. The summed E-state index contributed by atoms with van der Waals surface area (Å²) in [7, 11) is 0. The Labute approximate surface area is 497 Å². The van der Waals surface area contributed by atoms with E-state index in [0.717, 1.165) is 107 Å². The molecule has 0 aromatic carbocycles. The van der Waals surface area contributed by atoms with Crippen LogP contribution in [-0.2, 0) is 4.74 Å². The Balaban J connectivity index is 0.000000456. The molecular weight excluding hydrogens is 941 g/mol. The lowest BCUT2D eigenvalue weighted by molar-refractivity contribution is -0.0381. The van der Waals surface area contributed by atoms with E-state index in [1.165, 1.54) is 148 Å². The number of hydrogen-bond acceptors (Lipinski definition) is 1. The molecule has 1 heteroatoms. The molecule has 1 aliphatic heterocycles. The molecule has 1 nitrogen and oxygen atoms in total. The number of hydrogen-bond donors (Lipinski definition) is 0. The van der Waals surface area contributed by atoms with E-state index in [1.54, 1.807) is 0 Å². The minimum absolute atomic E-state index is 0.554. The zero-order valence-electron chi connectivity index (χ0n) is 60.2. The zero-order valence-corrected chi connectivity index (χ0v) is 60.2. The fourth-order valence-electron chi connectivity index (χ4n) is 19.4. The van der Waals surface area contributed by atoms with Gasteiger partial charge in [0.25, 0.3) is 0 Å². The fourth-order valence-corrected chi connectivity index (χ4v) is 19.4. The van der Waals surface area contributed by atoms with E-state index >= 15 is 0 Å². The van der Waals surface area contributed by atoms with Crippen LogP contribution >= 0.6 is 0 Å². The van der Waals surface area contributed by atoms with Crippen molar-refractivity contribution in [2.24, 2.45) is 126 Å². The Morgan fingerprint density at radius 3 is 0.487 bits per heavy atom. The molecule has 0 aromatic heterocycles. The van der Waals surface area contributed by atoms with Crippen LogP contribution in [0.3, 0.4) is 0 Å². The van der Waals surface area contributed by atoms with Gasteiger partial charge in [0, 0.05) is 13.2 Å². The maximum atomic E-state index is 5.43. The summed E-state index contributed by atoms with van der Waals surface area (Å²) in [5, 5.41) is 0. The molecule has 7 rings (SSSR count). The van der Waals surface area contributed by atoms with E-state index < -0.39 is 0 Å². The Bertz CT molecular complexity index is 1400. The monoisotopic (exact) mass is 1100 g/mol. The molecule has 7 fully saturated rings. The van der Waals surface area contributed by atoms with Gasteiger partial charge in [-0.1, -0.05) is 272 Å². The Morgan fingerprint density at radius 1 is 0.205 bits per heavy atom. The van der Waals surface area contributed by atoms with Crippen molar-refractivity contribution in [3.05, 3.63) is 0 Å². The van der Waals surface area contributed by atoms with Gasteiger partial charge in [-0.05, 0) is 210 Å². The molecule has 0 spiro atoms. The van der Waals surface area contributed by atoms with E-state index in [2.05, 4.69) is 208 Å². The first-order valence-electron chi connectivity index (χ1n) is 35.5. The summed E-state index contributed by atoms with van der Waals surface area (Å²) in [5.74, 6) is 12.1. The van der Waals surface area contributed by atoms with Crippen LogP contribution in [0.4, 0.5) is 0 Å². The van der Waals surface area contributed by atoms with Crippen LogP contribution in [0.25, 0.3) is 0 Å². The van der Waals surface area contributed by atoms with E-state index in [4.69, 9.17) is 4.74 Å². The molecule has 0 N–H and O–H groups in total. The van der Waals surface area contributed by atoms with Gasteiger partial charge in [-0.3, -0.25) is 0 Å². The fraction of sp³-hybridized carbons (Fsp3) is 1.00. The van der Waals surface area contributed by atoms with Gasteiger partial charge in [-0.15, -0.1) is 0 Å². The second kappa shape index (κ2) is 33.0. The molecule has 0 bridgehead atoms. The highest BCUT2D eigenvalue weighted by atomic mass is 16.5. The first-order valence-corrected chi connectivity index (χ1v) is 35.5. The van der Waals surface area contributed by atoms with Crippen molar-refractivity contribution >= 4 is 0 Å². The molecule has 0 radical (unpaired) electrons. The Morgan fingerprint density at radius 2 is 0.372 bits per heavy atom. The molecule has 1 heterocycles. The lowest BCUT2D eigenvalue weighted by Gasteiger charge is -2.49. The molecular formula is C77H154O. The molecule has 6 aliphatic carbocycles. The summed E-state index contributed by atoms with van der Waals surface area (Å²) in [6.45, 7) is 73.5. The largest absolute Gasteiger partial charge is 0.381 e. The molecule has 78 heavy (non-hydrogen) atoms. The van der Waals surface area contributed by atoms with E-state index in [0.29, 0.717) is 32.5 Å². The van der Waals surface area contributed by atoms with Gasteiger partial charge in [0.1, 0.15) is 0 Å². The summed E-state index contributed by atoms with van der Waals surface area (Å²) in [6.07, 6.45) is 33.4. The molecule has 0 atom stereocenters. The molecule has 1 saturated heterocycles. The topological polar surface area (TPSA) is 9.23 Å². The third kappa shape index (κ3) is 19.0. The Hall–Kier alpha value is -0.0400. The van der Waals surface area contributed by atoms with Gasteiger partial charge in [-0.2, -0.15) is 0 Å². The molecule has 0 unspecified atom stereocenters. The smallest absolute Gasteiger partial charge is 0.0471 e. The first kappa shape index (κ1) is 76.0. The van der Waals surface area contributed by atoms with Crippen molar-refractivity contribution in [3.63, 3.8) is 0 Å². The quantitative estimate of drug-likeness (QED) is 0.158. The average molecular weight is 1100 g/mol. The maximum absolute atomic E-state index is 5.43. The van der Waals surface area contributed by atoms with Gasteiger partial charge < -0.3 is 4.74 Å². The van der Waals surface area contributed by atoms with Crippen molar-refractivity contribution in [3.8, 4) is 0 Å². The summed E-state index contributed by atoms with van der Waals surface area (Å²) in [4.78, 5) is 0. The van der Waals surface area contributed by atoms with Crippen molar-refractivity contribution in [1.29, 1.82) is 0 Å². The van der Waals surface area contributed by atoms with Crippen LogP contribution in [-0.4, -0.2) is 13.2 Å². The van der Waals surface area contributed by atoms with Crippen LogP contribution in [0.2, 0.25) is 0 Å². The summed E-state index contributed by atoms with van der Waals surface area (Å²) >= 11 is 0. The normalized spacial score (nSPS) is 23.8. The predicted molar refractivity (Wildman–Crippen MR) is 356 cm³/mol. The predicted octanol–water partition coefficient (Wildman–Crippen LogP) is 26.1. The van der Waals surface area contributed by atoms with Crippen molar-refractivity contribution in [2.45, 2.75) is 355 Å². The molecule has 0 aromatic rings. The minimum atomic E-state index is 0.554. The van der Waals surface area contributed by atoms with Crippen molar-refractivity contribution in [1.82, 2.24) is 0 Å². The summed E-state index contributed by atoms with van der Waals surface area (Å²) in [5.41, 5.74) is 5.31. The third-order valence-electron chi connectivity index (χ3n) is 26.6. The van der Waals surface area contributed by atoms with Gasteiger partial charge in [0.05, 0.1) is 0 Å². The van der Waals surface area contributed by atoms with Crippen LogP contribution in [0.1, 0.15) is 355 Å². The lowest BCUT2D eigenvalue weighted by Crippen LogP contribution is -2.39. The van der Waals surface area contributed by atoms with E-state index in [-0.39, 0.29) is 0 Å². The lowest BCUT2D eigenvalue weighted by atomic mass is 9.56. The van der Waals surface area contributed by atoms with Gasteiger partial charge in [-0.25, -0.2) is 0 Å². The van der Waals surface area contributed by atoms with Crippen molar-refractivity contribution < 1.29 is 4.74 Å². The van der Waals surface area contributed by atoms with Gasteiger partial charge in [0.15, 0.2) is 0 Å². The Kier molecular flexibility index (Phi) is 32.2. The van der Waals surface area contributed by atoms with Crippen LogP contribution in [0, 0.1) is 126 Å².